The van der Waals surface area contributed by atoms with Crippen molar-refractivity contribution in [3.63, 3.8) is 0 Å². The summed E-state index contributed by atoms with van der Waals surface area (Å²) in [5.41, 5.74) is 1.05. The molecule has 106 valence electrons. The molecule has 0 unspecified atom stereocenters. The van der Waals surface area contributed by atoms with Gasteiger partial charge in [0.25, 0.3) is 0 Å². The van der Waals surface area contributed by atoms with Crippen LogP contribution in [0.2, 0.25) is 0 Å². The molecule has 0 atom stereocenters. The van der Waals surface area contributed by atoms with Gasteiger partial charge in [-0.2, -0.15) is 0 Å². The van der Waals surface area contributed by atoms with E-state index in [0.717, 1.165) is 11.3 Å². The van der Waals surface area contributed by atoms with Crippen molar-refractivity contribution < 1.29 is 14.6 Å². The zero-order valence-electron chi connectivity index (χ0n) is 11.8. The van der Waals surface area contributed by atoms with Crippen LogP contribution < -0.4 is 4.74 Å². The lowest BCUT2D eigenvalue weighted by molar-refractivity contribution is -0.131. The van der Waals surface area contributed by atoms with Crippen LogP contribution in [0.3, 0.4) is 0 Å². The predicted octanol–water partition coefficient (Wildman–Crippen LogP) is 1.86. The molecular formula is C15H23NO3. The molecule has 1 aromatic carbocycles. The molecule has 0 saturated heterocycles. The number of aliphatic hydroxyl groups is 1. The molecule has 0 aromatic heterocycles. The van der Waals surface area contributed by atoms with E-state index in [0.29, 0.717) is 32.4 Å². The number of carbonyl (C=O) groups is 1. The molecular weight excluding hydrogens is 242 g/mol. The number of carbonyl (C=O) groups excluding carboxylic acids is 1. The van der Waals surface area contributed by atoms with Crippen molar-refractivity contribution in [1.29, 1.82) is 0 Å². The number of amides is 1. The van der Waals surface area contributed by atoms with Gasteiger partial charge in [0, 0.05) is 26.1 Å². The molecule has 1 N–H and O–H groups in total. The predicted molar refractivity (Wildman–Crippen MR) is 75.3 cm³/mol. The van der Waals surface area contributed by atoms with E-state index in [1.165, 1.54) is 0 Å². The molecule has 4 nitrogen and oxygen atoms in total. The van der Waals surface area contributed by atoms with E-state index < -0.39 is 0 Å². The minimum atomic E-state index is 0.121. The molecule has 4 heteroatoms. The highest BCUT2D eigenvalue weighted by molar-refractivity contribution is 5.76. The molecule has 0 aliphatic carbocycles. The maximum absolute atomic E-state index is 12.1. The monoisotopic (exact) mass is 265 g/mol. The van der Waals surface area contributed by atoms with Gasteiger partial charge in [-0.1, -0.05) is 18.2 Å². The third-order valence-electron chi connectivity index (χ3n) is 3.12. The molecule has 1 aromatic rings. The van der Waals surface area contributed by atoms with Crippen LogP contribution in [-0.4, -0.2) is 42.7 Å². The Kier molecular flexibility index (Phi) is 6.97. The van der Waals surface area contributed by atoms with Crippen LogP contribution in [0.4, 0.5) is 0 Å². The molecule has 0 saturated carbocycles. The van der Waals surface area contributed by atoms with Crippen molar-refractivity contribution in [2.45, 2.75) is 26.2 Å². The number of hydrogen-bond donors (Lipinski definition) is 1. The summed E-state index contributed by atoms with van der Waals surface area (Å²) in [6, 6.07) is 7.76. The number of rotatable bonds is 8. The lowest BCUT2D eigenvalue weighted by Gasteiger charge is -2.20. The summed E-state index contributed by atoms with van der Waals surface area (Å²) in [5.74, 6) is 0.954. The highest BCUT2D eigenvalue weighted by atomic mass is 16.5. The first kappa shape index (κ1) is 15.5. The minimum Gasteiger partial charge on any atom is -0.496 e. The minimum absolute atomic E-state index is 0.121. The third kappa shape index (κ3) is 4.91. The van der Waals surface area contributed by atoms with E-state index in [-0.39, 0.29) is 12.5 Å². The summed E-state index contributed by atoms with van der Waals surface area (Å²) >= 11 is 0. The van der Waals surface area contributed by atoms with Gasteiger partial charge >= 0.3 is 0 Å². The van der Waals surface area contributed by atoms with Crippen LogP contribution in [0.5, 0.6) is 5.75 Å². The van der Waals surface area contributed by atoms with Crippen molar-refractivity contribution >= 4 is 5.91 Å². The van der Waals surface area contributed by atoms with E-state index in [2.05, 4.69) is 0 Å². The van der Waals surface area contributed by atoms with Gasteiger partial charge in [-0.05, 0) is 31.4 Å². The Morgan fingerprint density at radius 3 is 2.74 bits per heavy atom. The summed E-state index contributed by atoms with van der Waals surface area (Å²) in [7, 11) is 1.64. The quantitative estimate of drug-likeness (QED) is 0.780. The maximum atomic E-state index is 12.1. The molecule has 0 fully saturated rings. The summed E-state index contributed by atoms with van der Waals surface area (Å²) in [5, 5.41) is 8.81. The number of aryl methyl sites for hydroxylation is 1. The van der Waals surface area contributed by atoms with Gasteiger partial charge in [0.05, 0.1) is 7.11 Å². The van der Waals surface area contributed by atoms with Crippen LogP contribution in [0.1, 0.15) is 25.3 Å². The van der Waals surface area contributed by atoms with Gasteiger partial charge in [0.1, 0.15) is 5.75 Å². The standard InChI is InChI=1S/C15H23NO3/c1-3-16(11-6-12-17)15(18)10-9-13-7-4-5-8-14(13)19-2/h4-5,7-8,17H,3,6,9-12H2,1-2H3. The van der Waals surface area contributed by atoms with E-state index in [1.807, 2.05) is 31.2 Å². The molecule has 0 bridgehead atoms. The molecule has 0 radical (unpaired) electrons. The van der Waals surface area contributed by atoms with Crippen LogP contribution in [0.25, 0.3) is 0 Å². The van der Waals surface area contributed by atoms with E-state index in [9.17, 15) is 4.79 Å². The van der Waals surface area contributed by atoms with Gasteiger partial charge in [0.2, 0.25) is 5.91 Å². The number of hydrogen-bond acceptors (Lipinski definition) is 3. The van der Waals surface area contributed by atoms with Gasteiger partial charge in [-0.15, -0.1) is 0 Å². The number of aliphatic hydroxyl groups excluding tert-OH is 1. The SMILES string of the molecule is CCN(CCCO)C(=O)CCc1ccccc1OC. The number of nitrogens with zero attached hydrogens (tertiary/aromatic N) is 1. The third-order valence-corrected chi connectivity index (χ3v) is 3.12. The Bertz CT molecular complexity index is 393. The zero-order chi connectivity index (χ0) is 14.1. The zero-order valence-corrected chi connectivity index (χ0v) is 11.8. The number of para-hydroxylation sites is 1. The highest BCUT2D eigenvalue weighted by Crippen LogP contribution is 2.19. The second kappa shape index (κ2) is 8.53. The second-order valence-electron chi connectivity index (χ2n) is 4.36. The Hall–Kier alpha value is -1.55. The first-order valence-electron chi connectivity index (χ1n) is 6.73. The topological polar surface area (TPSA) is 49.8 Å². The van der Waals surface area contributed by atoms with Crippen molar-refractivity contribution in [2.75, 3.05) is 26.8 Å². The van der Waals surface area contributed by atoms with Gasteiger partial charge < -0.3 is 14.7 Å². The molecule has 0 spiro atoms. The maximum Gasteiger partial charge on any atom is 0.222 e. The Balaban J connectivity index is 2.52. The molecule has 0 heterocycles. The fourth-order valence-corrected chi connectivity index (χ4v) is 2.03. The van der Waals surface area contributed by atoms with Crippen LogP contribution in [0, 0.1) is 0 Å². The average Bonchev–Trinajstić information content (AvgIpc) is 2.46. The summed E-state index contributed by atoms with van der Waals surface area (Å²) in [6.45, 7) is 3.39. The fraction of sp³-hybridized carbons (Fsp3) is 0.533. The first-order chi connectivity index (χ1) is 9.22. The van der Waals surface area contributed by atoms with Crippen LogP contribution in [-0.2, 0) is 11.2 Å². The second-order valence-corrected chi connectivity index (χ2v) is 4.36. The lowest BCUT2D eigenvalue weighted by atomic mass is 10.1. The summed E-state index contributed by atoms with van der Waals surface area (Å²) in [6.07, 6.45) is 1.78. The molecule has 0 aliphatic rings. The van der Waals surface area contributed by atoms with E-state index in [4.69, 9.17) is 9.84 Å². The average molecular weight is 265 g/mol. The molecule has 1 rings (SSSR count). The summed E-state index contributed by atoms with van der Waals surface area (Å²) < 4.78 is 5.27. The Labute approximate surface area is 115 Å². The largest absolute Gasteiger partial charge is 0.496 e. The molecule has 0 aliphatic heterocycles. The van der Waals surface area contributed by atoms with Crippen molar-refractivity contribution in [3.8, 4) is 5.75 Å². The smallest absolute Gasteiger partial charge is 0.222 e. The van der Waals surface area contributed by atoms with Crippen molar-refractivity contribution in [3.05, 3.63) is 29.8 Å². The number of methoxy groups -OCH3 is 1. The van der Waals surface area contributed by atoms with Crippen LogP contribution >= 0.6 is 0 Å². The van der Waals surface area contributed by atoms with E-state index in [1.54, 1.807) is 12.0 Å². The number of ether oxygens (including phenoxy) is 1. The van der Waals surface area contributed by atoms with Gasteiger partial charge in [-0.25, -0.2) is 0 Å². The van der Waals surface area contributed by atoms with E-state index >= 15 is 0 Å². The van der Waals surface area contributed by atoms with Crippen molar-refractivity contribution in [1.82, 2.24) is 4.90 Å². The molecule has 19 heavy (non-hydrogen) atoms. The Morgan fingerprint density at radius 1 is 1.37 bits per heavy atom. The van der Waals surface area contributed by atoms with Crippen molar-refractivity contribution in [2.24, 2.45) is 0 Å². The normalized spacial score (nSPS) is 10.3. The lowest BCUT2D eigenvalue weighted by Crippen LogP contribution is -2.32. The first-order valence-corrected chi connectivity index (χ1v) is 6.73. The molecule has 1 amide bonds. The number of benzene rings is 1. The van der Waals surface area contributed by atoms with Gasteiger partial charge in [0.15, 0.2) is 0 Å². The van der Waals surface area contributed by atoms with Crippen LogP contribution in [0.15, 0.2) is 24.3 Å². The summed E-state index contributed by atoms with van der Waals surface area (Å²) in [4.78, 5) is 13.8. The fourth-order valence-electron chi connectivity index (χ4n) is 2.03. The highest BCUT2D eigenvalue weighted by Gasteiger charge is 2.12. The Morgan fingerprint density at radius 2 is 2.11 bits per heavy atom. The van der Waals surface area contributed by atoms with Gasteiger partial charge in [-0.3, -0.25) is 4.79 Å².